The zero-order valence-electron chi connectivity index (χ0n) is 10.2. The summed E-state index contributed by atoms with van der Waals surface area (Å²) in [6, 6.07) is 14.7. The van der Waals surface area contributed by atoms with Crippen LogP contribution in [-0.2, 0) is 6.42 Å². The summed E-state index contributed by atoms with van der Waals surface area (Å²) in [4.78, 5) is 0. The van der Waals surface area contributed by atoms with Crippen LogP contribution in [0.4, 0.5) is 0 Å². The highest BCUT2D eigenvalue weighted by Crippen LogP contribution is 2.27. The molecule has 0 fully saturated rings. The van der Waals surface area contributed by atoms with Crippen LogP contribution in [0.1, 0.15) is 29.7 Å². The standard InChI is InChI=1S/C15H15BrIN/c1-2-10-3-5-11(6-4-10)15(18)13-9-12(16)7-8-14(13)17/h3-9,15H,2,18H2,1H3. The van der Waals surface area contributed by atoms with Crippen molar-refractivity contribution >= 4 is 38.5 Å². The minimum Gasteiger partial charge on any atom is -0.320 e. The van der Waals surface area contributed by atoms with E-state index in [9.17, 15) is 0 Å². The highest BCUT2D eigenvalue weighted by molar-refractivity contribution is 14.1. The number of halogens is 2. The summed E-state index contributed by atoms with van der Waals surface area (Å²) < 4.78 is 2.27. The Morgan fingerprint density at radius 1 is 1.17 bits per heavy atom. The van der Waals surface area contributed by atoms with E-state index in [1.807, 2.05) is 6.07 Å². The molecule has 1 nitrogen and oxygen atoms in total. The number of aryl methyl sites for hydroxylation is 1. The number of nitrogens with two attached hydrogens (primary N) is 1. The Labute approximate surface area is 130 Å². The van der Waals surface area contributed by atoms with E-state index in [1.54, 1.807) is 0 Å². The number of benzene rings is 2. The summed E-state index contributed by atoms with van der Waals surface area (Å²) in [5, 5.41) is 0. The van der Waals surface area contributed by atoms with Gasteiger partial charge in [0.05, 0.1) is 6.04 Å². The van der Waals surface area contributed by atoms with Crippen molar-refractivity contribution in [2.45, 2.75) is 19.4 Å². The molecule has 18 heavy (non-hydrogen) atoms. The molecule has 0 heterocycles. The van der Waals surface area contributed by atoms with Gasteiger partial charge in [0, 0.05) is 8.04 Å². The second kappa shape index (κ2) is 6.17. The van der Waals surface area contributed by atoms with Crippen LogP contribution >= 0.6 is 38.5 Å². The first kappa shape index (κ1) is 14.0. The van der Waals surface area contributed by atoms with Crippen molar-refractivity contribution in [3.05, 3.63) is 67.2 Å². The molecule has 1 unspecified atom stereocenters. The van der Waals surface area contributed by atoms with Gasteiger partial charge in [-0.3, -0.25) is 0 Å². The average molecular weight is 416 g/mol. The maximum Gasteiger partial charge on any atom is 0.0562 e. The van der Waals surface area contributed by atoms with Gasteiger partial charge in [0.15, 0.2) is 0 Å². The minimum atomic E-state index is -0.0692. The fraction of sp³-hybridized carbons (Fsp3) is 0.200. The highest BCUT2D eigenvalue weighted by Gasteiger charge is 2.12. The summed E-state index contributed by atoms with van der Waals surface area (Å²) >= 11 is 5.83. The summed E-state index contributed by atoms with van der Waals surface area (Å²) in [5.41, 5.74) is 10.0. The quantitative estimate of drug-likeness (QED) is 0.724. The fourth-order valence-corrected chi connectivity index (χ4v) is 2.94. The van der Waals surface area contributed by atoms with Crippen LogP contribution in [0.25, 0.3) is 0 Å². The topological polar surface area (TPSA) is 26.0 Å². The maximum absolute atomic E-state index is 6.35. The van der Waals surface area contributed by atoms with Crippen LogP contribution in [0, 0.1) is 3.57 Å². The predicted octanol–water partition coefficient (Wildman–Crippen LogP) is 4.66. The molecule has 0 saturated carbocycles. The van der Waals surface area contributed by atoms with Gasteiger partial charge in [-0.2, -0.15) is 0 Å². The van der Waals surface area contributed by atoms with Crippen molar-refractivity contribution in [3.63, 3.8) is 0 Å². The average Bonchev–Trinajstić information content (AvgIpc) is 2.41. The third kappa shape index (κ3) is 3.13. The number of rotatable bonds is 3. The fourth-order valence-electron chi connectivity index (χ4n) is 1.89. The van der Waals surface area contributed by atoms with E-state index in [0.29, 0.717) is 0 Å². The van der Waals surface area contributed by atoms with Gasteiger partial charge in [0.2, 0.25) is 0 Å². The molecule has 2 aromatic carbocycles. The van der Waals surface area contributed by atoms with Crippen LogP contribution in [0.5, 0.6) is 0 Å². The molecular formula is C15H15BrIN. The first-order chi connectivity index (χ1) is 8.61. The first-order valence-electron chi connectivity index (χ1n) is 5.91. The van der Waals surface area contributed by atoms with Crippen molar-refractivity contribution in [1.29, 1.82) is 0 Å². The van der Waals surface area contributed by atoms with E-state index in [4.69, 9.17) is 5.73 Å². The molecule has 2 aromatic rings. The Balaban J connectivity index is 2.34. The molecular weight excluding hydrogens is 401 g/mol. The van der Waals surface area contributed by atoms with Crippen LogP contribution in [0.15, 0.2) is 46.9 Å². The second-order valence-electron chi connectivity index (χ2n) is 4.24. The van der Waals surface area contributed by atoms with Gasteiger partial charge >= 0.3 is 0 Å². The van der Waals surface area contributed by atoms with Gasteiger partial charge in [0.1, 0.15) is 0 Å². The Hall–Kier alpha value is -0.390. The third-order valence-corrected chi connectivity index (χ3v) is 4.52. The zero-order valence-corrected chi connectivity index (χ0v) is 13.9. The first-order valence-corrected chi connectivity index (χ1v) is 7.78. The molecule has 2 N–H and O–H groups in total. The minimum absolute atomic E-state index is 0.0692. The van der Waals surface area contributed by atoms with Crippen LogP contribution < -0.4 is 5.73 Å². The molecule has 0 saturated heterocycles. The van der Waals surface area contributed by atoms with E-state index >= 15 is 0 Å². The van der Waals surface area contributed by atoms with E-state index in [2.05, 4.69) is 81.8 Å². The van der Waals surface area contributed by atoms with Gasteiger partial charge < -0.3 is 5.73 Å². The van der Waals surface area contributed by atoms with Gasteiger partial charge in [-0.05, 0) is 63.9 Å². The lowest BCUT2D eigenvalue weighted by Crippen LogP contribution is -2.13. The third-order valence-electron chi connectivity index (χ3n) is 3.04. The van der Waals surface area contributed by atoms with Crippen molar-refractivity contribution in [2.24, 2.45) is 5.73 Å². The van der Waals surface area contributed by atoms with E-state index < -0.39 is 0 Å². The Bertz CT molecular complexity index is 537. The van der Waals surface area contributed by atoms with Crippen LogP contribution in [-0.4, -0.2) is 0 Å². The molecule has 1 atom stereocenters. The maximum atomic E-state index is 6.35. The smallest absolute Gasteiger partial charge is 0.0562 e. The molecule has 94 valence electrons. The molecule has 0 spiro atoms. The van der Waals surface area contributed by atoms with Crippen LogP contribution in [0.3, 0.4) is 0 Å². The molecule has 2 rings (SSSR count). The van der Waals surface area contributed by atoms with Gasteiger partial charge in [-0.15, -0.1) is 0 Å². The lowest BCUT2D eigenvalue weighted by Gasteiger charge is -2.15. The largest absolute Gasteiger partial charge is 0.320 e. The van der Waals surface area contributed by atoms with Crippen molar-refractivity contribution in [1.82, 2.24) is 0 Å². The SMILES string of the molecule is CCc1ccc(C(N)c2cc(Br)ccc2I)cc1. The van der Waals surface area contributed by atoms with Crippen molar-refractivity contribution in [2.75, 3.05) is 0 Å². The molecule has 0 amide bonds. The second-order valence-corrected chi connectivity index (χ2v) is 6.32. The summed E-state index contributed by atoms with van der Waals surface area (Å²) in [7, 11) is 0. The van der Waals surface area contributed by atoms with E-state index in [0.717, 1.165) is 22.0 Å². The zero-order chi connectivity index (χ0) is 13.1. The lowest BCUT2D eigenvalue weighted by molar-refractivity contribution is 0.862. The Morgan fingerprint density at radius 3 is 2.44 bits per heavy atom. The summed E-state index contributed by atoms with van der Waals surface area (Å²) in [5.74, 6) is 0. The molecule has 0 aliphatic carbocycles. The number of hydrogen-bond donors (Lipinski definition) is 1. The normalized spacial score (nSPS) is 12.4. The van der Waals surface area contributed by atoms with Gasteiger partial charge in [0.25, 0.3) is 0 Å². The Morgan fingerprint density at radius 2 is 1.83 bits per heavy atom. The van der Waals surface area contributed by atoms with Crippen molar-refractivity contribution in [3.8, 4) is 0 Å². The molecule has 0 radical (unpaired) electrons. The van der Waals surface area contributed by atoms with E-state index in [1.165, 1.54) is 9.13 Å². The lowest BCUT2D eigenvalue weighted by atomic mass is 9.98. The molecule has 0 aliphatic rings. The molecule has 0 bridgehead atoms. The monoisotopic (exact) mass is 415 g/mol. The highest BCUT2D eigenvalue weighted by atomic mass is 127. The summed E-state index contributed by atoms with van der Waals surface area (Å²) in [6.07, 6.45) is 1.06. The summed E-state index contributed by atoms with van der Waals surface area (Å²) in [6.45, 7) is 2.16. The van der Waals surface area contributed by atoms with Gasteiger partial charge in [-0.1, -0.05) is 47.1 Å². The Kier molecular flexibility index (Phi) is 4.81. The molecule has 0 aliphatic heterocycles. The van der Waals surface area contributed by atoms with Crippen LogP contribution in [0.2, 0.25) is 0 Å². The van der Waals surface area contributed by atoms with E-state index in [-0.39, 0.29) is 6.04 Å². The van der Waals surface area contributed by atoms with Crippen molar-refractivity contribution < 1.29 is 0 Å². The number of hydrogen-bond acceptors (Lipinski definition) is 1. The molecule has 3 heteroatoms. The molecule has 0 aromatic heterocycles. The van der Waals surface area contributed by atoms with Gasteiger partial charge in [-0.25, -0.2) is 0 Å². The predicted molar refractivity (Wildman–Crippen MR) is 88.7 cm³/mol.